The third-order valence-corrected chi connectivity index (χ3v) is 2.84. The first-order valence-electron chi connectivity index (χ1n) is 6.46. The van der Waals surface area contributed by atoms with Crippen LogP contribution in [0.15, 0.2) is 24.3 Å². The van der Waals surface area contributed by atoms with Crippen LogP contribution in [0.25, 0.3) is 0 Å². The van der Waals surface area contributed by atoms with Gasteiger partial charge in [0, 0.05) is 31.7 Å². The van der Waals surface area contributed by atoms with E-state index in [0.717, 1.165) is 11.1 Å². The van der Waals surface area contributed by atoms with Crippen LogP contribution in [-0.2, 0) is 0 Å². The molecule has 1 aromatic rings. The minimum absolute atomic E-state index is 0.0492. The first-order valence-corrected chi connectivity index (χ1v) is 6.46. The second-order valence-electron chi connectivity index (χ2n) is 4.11. The van der Waals surface area contributed by atoms with Gasteiger partial charge in [-0.1, -0.05) is 31.5 Å². The third-order valence-electron chi connectivity index (χ3n) is 2.84. The lowest BCUT2D eigenvalue weighted by Gasteiger charge is -2.31. The minimum Gasteiger partial charge on any atom is -0.336 e. The summed E-state index contributed by atoms with van der Waals surface area (Å²) in [5.74, 6) is 0.0492. The van der Waals surface area contributed by atoms with Gasteiger partial charge in [0.05, 0.1) is 0 Å². The van der Waals surface area contributed by atoms with Crippen molar-refractivity contribution in [3.63, 3.8) is 0 Å². The van der Waals surface area contributed by atoms with E-state index in [4.69, 9.17) is 0 Å². The highest BCUT2D eigenvalue weighted by Crippen LogP contribution is 2.09. The van der Waals surface area contributed by atoms with Gasteiger partial charge in [-0.2, -0.15) is 5.06 Å². The summed E-state index contributed by atoms with van der Waals surface area (Å²) < 4.78 is 0. The summed E-state index contributed by atoms with van der Waals surface area (Å²) in [5, 5.41) is 10.5. The zero-order chi connectivity index (χ0) is 13.5. The smallest absolute Gasteiger partial charge is 0.253 e. The fraction of sp³-hybridized carbons (Fsp3) is 0.500. The quantitative estimate of drug-likeness (QED) is 0.830. The number of hydrogen-bond donors (Lipinski definition) is 1. The average Bonchev–Trinajstić information content (AvgIpc) is 2.42. The number of aryl methyl sites for hydroxylation is 1. The Morgan fingerprint density at radius 1 is 1.06 bits per heavy atom. The van der Waals surface area contributed by atoms with E-state index in [0.29, 0.717) is 26.2 Å². The van der Waals surface area contributed by atoms with Crippen LogP contribution < -0.4 is 0 Å². The molecule has 1 N–H and O–H groups in total. The number of nitrogens with zero attached hydrogens (tertiary/aromatic N) is 2. The Balaban J connectivity index is 0.000000771. The molecule has 0 saturated carbocycles. The molecule has 1 aliphatic rings. The molecule has 0 aromatic heterocycles. The van der Waals surface area contributed by atoms with Crippen molar-refractivity contribution in [3.8, 4) is 0 Å². The van der Waals surface area contributed by atoms with Crippen LogP contribution in [0.1, 0.15) is 29.8 Å². The van der Waals surface area contributed by atoms with E-state index >= 15 is 0 Å². The second kappa shape index (κ2) is 7.13. The SMILES string of the molecule is CC.Cc1ccc(C(=O)N2CCN(O)CC2)cc1. The van der Waals surface area contributed by atoms with Gasteiger partial charge in [-0.25, -0.2) is 0 Å². The lowest BCUT2D eigenvalue weighted by Crippen LogP contribution is -2.47. The molecule has 18 heavy (non-hydrogen) atoms. The van der Waals surface area contributed by atoms with Crippen molar-refractivity contribution >= 4 is 5.91 Å². The molecule has 0 atom stereocenters. The molecule has 1 amide bonds. The molecule has 1 heterocycles. The van der Waals surface area contributed by atoms with Gasteiger partial charge in [0.15, 0.2) is 0 Å². The van der Waals surface area contributed by atoms with Gasteiger partial charge >= 0.3 is 0 Å². The topological polar surface area (TPSA) is 43.8 Å². The maximum Gasteiger partial charge on any atom is 0.253 e. The Morgan fingerprint density at radius 3 is 2.06 bits per heavy atom. The van der Waals surface area contributed by atoms with Crippen molar-refractivity contribution < 1.29 is 10.0 Å². The molecule has 0 unspecified atom stereocenters. The maximum atomic E-state index is 12.0. The van der Waals surface area contributed by atoms with Crippen LogP contribution in [0.2, 0.25) is 0 Å². The molecule has 0 spiro atoms. The molecule has 4 nitrogen and oxygen atoms in total. The molecule has 0 aliphatic carbocycles. The van der Waals surface area contributed by atoms with E-state index in [1.807, 2.05) is 45.0 Å². The lowest BCUT2D eigenvalue weighted by molar-refractivity contribution is -0.112. The number of carbonyl (C=O) groups excluding carboxylic acids is 1. The van der Waals surface area contributed by atoms with E-state index < -0.39 is 0 Å². The van der Waals surface area contributed by atoms with E-state index in [9.17, 15) is 10.0 Å². The number of amides is 1. The number of benzene rings is 1. The zero-order valence-electron chi connectivity index (χ0n) is 11.4. The van der Waals surface area contributed by atoms with Gasteiger partial charge in [0.2, 0.25) is 0 Å². The van der Waals surface area contributed by atoms with Crippen LogP contribution in [0.3, 0.4) is 0 Å². The van der Waals surface area contributed by atoms with Gasteiger partial charge < -0.3 is 10.1 Å². The van der Waals surface area contributed by atoms with Crippen molar-refractivity contribution in [2.45, 2.75) is 20.8 Å². The molecular weight excluding hydrogens is 228 g/mol. The van der Waals surface area contributed by atoms with Crippen LogP contribution in [0.4, 0.5) is 0 Å². The summed E-state index contributed by atoms with van der Waals surface area (Å²) >= 11 is 0. The molecular formula is C14H22N2O2. The van der Waals surface area contributed by atoms with Gasteiger partial charge in [-0.3, -0.25) is 4.79 Å². The average molecular weight is 250 g/mol. The summed E-state index contributed by atoms with van der Waals surface area (Å²) in [7, 11) is 0. The highest BCUT2D eigenvalue weighted by Gasteiger charge is 2.20. The predicted octanol–water partition coefficient (Wildman–Crippen LogP) is 2.17. The molecule has 0 bridgehead atoms. The summed E-state index contributed by atoms with van der Waals surface area (Å²) in [4.78, 5) is 13.8. The Labute approximate surface area is 109 Å². The van der Waals surface area contributed by atoms with Gasteiger partial charge in [-0.15, -0.1) is 0 Å². The van der Waals surface area contributed by atoms with Crippen molar-refractivity contribution in [1.29, 1.82) is 0 Å². The Kier molecular flexibility index (Phi) is 5.82. The van der Waals surface area contributed by atoms with Gasteiger partial charge in [0.25, 0.3) is 5.91 Å². The standard InChI is InChI=1S/C12H16N2O2.C2H6/c1-10-2-4-11(5-3-10)12(15)13-6-8-14(16)9-7-13;1-2/h2-5,16H,6-9H2,1H3;1-2H3. The Bertz CT molecular complexity index is 368. The zero-order valence-corrected chi connectivity index (χ0v) is 11.4. The predicted molar refractivity (Wildman–Crippen MR) is 71.8 cm³/mol. The molecule has 0 radical (unpaired) electrons. The van der Waals surface area contributed by atoms with Crippen LogP contribution in [0.5, 0.6) is 0 Å². The summed E-state index contributed by atoms with van der Waals surface area (Å²) in [6.07, 6.45) is 0. The summed E-state index contributed by atoms with van der Waals surface area (Å²) in [5.41, 5.74) is 1.87. The lowest BCUT2D eigenvalue weighted by atomic mass is 10.1. The van der Waals surface area contributed by atoms with Crippen molar-refractivity contribution in [2.24, 2.45) is 0 Å². The van der Waals surface area contributed by atoms with E-state index in [2.05, 4.69) is 0 Å². The number of hydroxylamine groups is 2. The molecule has 1 saturated heterocycles. The third kappa shape index (κ3) is 3.82. The summed E-state index contributed by atoms with van der Waals surface area (Å²) in [6, 6.07) is 7.58. The van der Waals surface area contributed by atoms with Crippen LogP contribution in [-0.4, -0.2) is 47.3 Å². The number of piperazine rings is 1. The number of rotatable bonds is 1. The fourth-order valence-corrected chi connectivity index (χ4v) is 1.78. The minimum atomic E-state index is 0.0492. The molecule has 1 aliphatic heterocycles. The number of carbonyl (C=O) groups is 1. The van der Waals surface area contributed by atoms with Crippen molar-refractivity contribution in [1.82, 2.24) is 9.96 Å². The first kappa shape index (κ1) is 14.7. The Morgan fingerprint density at radius 2 is 1.56 bits per heavy atom. The normalized spacial score (nSPS) is 15.9. The van der Waals surface area contributed by atoms with Crippen LogP contribution in [0, 0.1) is 6.92 Å². The van der Waals surface area contributed by atoms with E-state index in [1.165, 1.54) is 5.06 Å². The van der Waals surface area contributed by atoms with Crippen molar-refractivity contribution in [3.05, 3.63) is 35.4 Å². The molecule has 2 rings (SSSR count). The fourth-order valence-electron chi connectivity index (χ4n) is 1.78. The molecule has 1 fully saturated rings. The maximum absolute atomic E-state index is 12.0. The highest BCUT2D eigenvalue weighted by atomic mass is 16.5. The number of hydrogen-bond acceptors (Lipinski definition) is 3. The molecule has 1 aromatic carbocycles. The monoisotopic (exact) mass is 250 g/mol. The Hall–Kier alpha value is -1.39. The van der Waals surface area contributed by atoms with Gasteiger partial charge in [0.1, 0.15) is 0 Å². The molecule has 4 heteroatoms. The summed E-state index contributed by atoms with van der Waals surface area (Å²) in [6.45, 7) is 8.22. The van der Waals surface area contributed by atoms with Crippen LogP contribution >= 0.6 is 0 Å². The van der Waals surface area contributed by atoms with Crippen molar-refractivity contribution in [2.75, 3.05) is 26.2 Å². The highest BCUT2D eigenvalue weighted by molar-refractivity contribution is 5.94. The van der Waals surface area contributed by atoms with Gasteiger partial charge in [-0.05, 0) is 19.1 Å². The molecule has 100 valence electrons. The van der Waals surface area contributed by atoms with E-state index in [1.54, 1.807) is 4.90 Å². The second-order valence-corrected chi connectivity index (χ2v) is 4.11. The first-order chi connectivity index (χ1) is 8.66. The van der Waals surface area contributed by atoms with E-state index in [-0.39, 0.29) is 5.91 Å². The largest absolute Gasteiger partial charge is 0.336 e.